The number of anilines is 2. The minimum Gasteiger partial charge on any atom is -0.462 e. The first-order valence-corrected chi connectivity index (χ1v) is 15.4. The molecule has 228 valence electrons. The molecule has 8 nitrogen and oxygen atoms in total. The Balaban J connectivity index is 1.07. The number of esters is 1. The second-order valence-electron chi connectivity index (χ2n) is 11.7. The number of amides is 4. The van der Waals surface area contributed by atoms with Gasteiger partial charge in [0.15, 0.2) is 0 Å². The van der Waals surface area contributed by atoms with Crippen LogP contribution in [0.25, 0.3) is 16.3 Å². The van der Waals surface area contributed by atoms with Gasteiger partial charge < -0.3 is 4.74 Å². The number of hydrogen-bond acceptors (Lipinski definition) is 6. The van der Waals surface area contributed by atoms with Crippen molar-refractivity contribution < 1.29 is 28.7 Å². The first-order chi connectivity index (χ1) is 22.9. The molecule has 0 saturated heterocycles. The molecule has 0 fully saturated rings. The number of benzene rings is 4. The van der Waals surface area contributed by atoms with Gasteiger partial charge in [0.1, 0.15) is 0 Å². The Kier molecular flexibility index (Phi) is 6.65. The molecule has 2 aliphatic heterocycles. The second kappa shape index (κ2) is 11.0. The highest BCUT2D eigenvalue weighted by Gasteiger charge is 2.40. The highest BCUT2D eigenvalue weighted by Crippen LogP contribution is 2.40. The van der Waals surface area contributed by atoms with E-state index < -0.39 is 29.6 Å². The summed E-state index contributed by atoms with van der Waals surface area (Å²) < 4.78 is 5.40. The molecule has 4 aromatic rings. The van der Waals surface area contributed by atoms with Crippen LogP contribution in [0, 0.1) is 5.92 Å². The maximum atomic E-state index is 13.8. The maximum absolute atomic E-state index is 13.8. The smallest absolute Gasteiger partial charge is 0.338 e. The number of carbonyl (C=O) groups excluding carboxylic acids is 5. The lowest BCUT2D eigenvalue weighted by Gasteiger charge is -2.32. The number of ether oxygens (including phenoxy) is 1. The molecule has 0 saturated carbocycles. The second-order valence-corrected chi connectivity index (χ2v) is 11.7. The molecular weight excluding hydrogens is 592 g/mol. The van der Waals surface area contributed by atoms with E-state index >= 15 is 0 Å². The lowest BCUT2D eigenvalue weighted by atomic mass is 9.85. The normalized spacial score (nSPS) is 16.6. The van der Waals surface area contributed by atoms with E-state index in [-0.39, 0.29) is 45.9 Å². The third-order valence-corrected chi connectivity index (χ3v) is 9.00. The molecule has 0 atom stereocenters. The lowest BCUT2D eigenvalue weighted by Crippen LogP contribution is -2.43. The van der Waals surface area contributed by atoms with Crippen LogP contribution in [-0.4, -0.2) is 36.2 Å². The van der Waals surface area contributed by atoms with Crippen molar-refractivity contribution in [1.29, 1.82) is 0 Å². The van der Waals surface area contributed by atoms with Crippen molar-refractivity contribution in [2.75, 3.05) is 16.4 Å². The number of carbonyl (C=O) groups is 5. The summed E-state index contributed by atoms with van der Waals surface area (Å²) in [4.78, 5) is 70.1. The van der Waals surface area contributed by atoms with Gasteiger partial charge in [0.25, 0.3) is 23.6 Å². The molecule has 4 amide bonds. The summed E-state index contributed by atoms with van der Waals surface area (Å²) >= 11 is 0. The van der Waals surface area contributed by atoms with Crippen LogP contribution in [-0.2, 0) is 4.74 Å². The molecule has 0 spiro atoms. The van der Waals surface area contributed by atoms with Crippen LogP contribution in [0.4, 0.5) is 11.4 Å². The average Bonchev–Trinajstić information content (AvgIpc) is 3.83. The molecule has 2 heterocycles. The minimum absolute atomic E-state index is 0.204. The molecule has 0 unspecified atom stereocenters. The summed E-state index contributed by atoms with van der Waals surface area (Å²) in [6.45, 7) is 0.263. The van der Waals surface area contributed by atoms with E-state index in [2.05, 4.69) is 12.2 Å². The summed E-state index contributed by atoms with van der Waals surface area (Å²) in [6.07, 6.45) is 15.8. The summed E-state index contributed by atoms with van der Waals surface area (Å²) in [5.41, 5.74) is 3.96. The van der Waals surface area contributed by atoms with Crippen molar-refractivity contribution >= 4 is 57.3 Å². The predicted molar refractivity (Wildman–Crippen MR) is 178 cm³/mol. The Bertz CT molecular complexity index is 2100. The molecule has 4 aromatic carbocycles. The Labute approximate surface area is 269 Å². The number of allylic oxidation sites excluding steroid dienone is 8. The zero-order chi connectivity index (χ0) is 32.2. The molecule has 0 aromatic heterocycles. The van der Waals surface area contributed by atoms with Crippen molar-refractivity contribution in [3.8, 4) is 0 Å². The summed E-state index contributed by atoms with van der Waals surface area (Å²) in [5.74, 6) is -2.48. The third-order valence-electron chi connectivity index (χ3n) is 9.00. The van der Waals surface area contributed by atoms with Crippen LogP contribution in [0.15, 0.2) is 115 Å². The standard InChI is InChI=1S/C39H26N2O6/c42-35-29-17-19-31-34-32(20-18-30(33(29)34)36(43)40(35)27-13-9-25(10-14-27)24-7-3-4-8-24)38(45)41(37(31)44)28-15-11-26(12-16-28)39(46)47-22-21-23-5-1-2-6-23/h1-3,5-20,23H,4,21-22H2. The van der Waals surface area contributed by atoms with E-state index in [4.69, 9.17) is 4.74 Å². The molecule has 8 rings (SSSR count). The maximum Gasteiger partial charge on any atom is 0.338 e. The van der Waals surface area contributed by atoms with Crippen LogP contribution in [0.1, 0.15) is 70.2 Å². The van der Waals surface area contributed by atoms with E-state index in [0.717, 1.165) is 27.4 Å². The van der Waals surface area contributed by atoms with Crippen LogP contribution in [0.3, 0.4) is 0 Å². The van der Waals surface area contributed by atoms with E-state index in [1.807, 2.05) is 42.5 Å². The number of nitrogens with zero attached hydrogens (tertiary/aromatic N) is 2. The zero-order valence-corrected chi connectivity index (χ0v) is 25.0. The predicted octanol–water partition coefficient (Wildman–Crippen LogP) is 7.07. The number of imide groups is 2. The van der Waals surface area contributed by atoms with Crippen LogP contribution < -0.4 is 9.80 Å². The summed E-state index contributed by atoms with van der Waals surface area (Å²) in [7, 11) is 0. The van der Waals surface area contributed by atoms with Gasteiger partial charge in [-0.15, -0.1) is 0 Å². The lowest BCUT2D eigenvalue weighted by molar-refractivity contribution is 0.0494. The van der Waals surface area contributed by atoms with Gasteiger partial charge in [0, 0.05) is 33.0 Å². The van der Waals surface area contributed by atoms with E-state index in [0.29, 0.717) is 23.1 Å². The monoisotopic (exact) mass is 618 g/mol. The van der Waals surface area contributed by atoms with Crippen LogP contribution in [0.5, 0.6) is 0 Å². The Morgan fingerprint density at radius 3 is 1.62 bits per heavy atom. The molecule has 8 heteroatoms. The van der Waals surface area contributed by atoms with Crippen molar-refractivity contribution in [1.82, 2.24) is 0 Å². The van der Waals surface area contributed by atoms with Crippen molar-refractivity contribution in [3.05, 3.63) is 149 Å². The van der Waals surface area contributed by atoms with Crippen LogP contribution in [0.2, 0.25) is 0 Å². The van der Waals surface area contributed by atoms with Crippen molar-refractivity contribution in [2.24, 2.45) is 5.92 Å². The van der Waals surface area contributed by atoms with Gasteiger partial charge in [-0.25, -0.2) is 14.6 Å². The molecule has 2 aliphatic carbocycles. The SMILES string of the molecule is O=C(OCCC1C=CC=C1)c1ccc(N2C(=O)c3ccc4c5c(ccc(c35)C2=O)C(=O)N(c2ccc(C3=CCC=C3)cc2)C4=O)cc1. The average molecular weight is 619 g/mol. The topological polar surface area (TPSA) is 101 Å². The summed E-state index contributed by atoms with van der Waals surface area (Å²) in [6, 6.07) is 19.5. The Hall–Kier alpha value is -6.15. The van der Waals surface area contributed by atoms with Gasteiger partial charge in [0.2, 0.25) is 0 Å². The third kappa shape index (κ3) is 4.56. The largest absolute Gasteiger partial charge is 0.462 e. The van der Waals surface area contributed by atoms with Gasteiger partial charge in [-0.05, 0) is 90.6 Å². The Morgan fingerprint density at radius 2 is 1.15 bits per heavy atom. The van der Waals surface area contributed by atoms with Gasteiger partial charge in [-0.2, -0.15) is 0 Å². The minimum atomic E-state index is -0.590. The fraction of sp³-hybridized carbons (Fsp3) is 0.103. The highest BCUT2D eigenvalue weighted by atomic mass is 16.5. The van der Waals surface area contributed by atoms with Crippen LogP contribution >= 0.6 is 0 Å². The first-order valence-electron chi connectivity index (χ1n) is 15.4. The van der Waals surface area contributed by atoms with Crippen molar-refractivity contribution in [2.45, 2.75) is 12.8 Å². The van der Waals surface area contributed by atoms with Gasteiger partial charge in [-0.1, -0.05) is 54.7 Å². The molecular formula is C39H26N2O6. The van der Waals surface area contributed by atoms with Crippen molar-refractivity contribution in [3.63, 3.8) is 0 Å². The quantitative estimate of drug-likeness (QED) is 0.162. The van der Waals surface area contributed by atoms with Gasteiger partial charge in [-0.3, -0.25) is 19.2 Å². The highest BCUT2D eigenvalue weighted by molar-refractivity contribution is 6.42. The van der Waals surface area contributed by atoms with E-state index in [9.17, 15) is 24.0 Å². The van der Waals surface area contributed by atoms with E-state index in [1.54, 1.807) is 12.1 Å². The number of rotatable bonds is 7. The first kappa shape index (κ1) is 28.3. The molecule has 0 bridgehead atoms. The molecule has 0 radical (unpaired) electrons. The zero-order valence-electron chi connectivity index (χ0n) is 25.0. The molecule has 47 heavy (non-hydrogen) atoms. The molecule has 0 N–H and O–H groups in total. The van der Waals surface area contributed by atoms with Gasteiger partial charge in [0.05, 0.1) is 23.5 Å². The fourth-order valence-corrected chi connectivity index (χ4v) is 6.61. The van der Waals surface area contributed by atoms with E-state index in [1.165, 1.54) is 48.5 Å². The Morgan fingerprint density at radius 1 is 0.660 bits per heavy atom. The summed E-state index contributed by atoms with van der Waals surface area (Å²) in [5, 5.41) is 0.585. The fourth-order valence-electron chi connectivity index (χ4n) is 6.61. The number of hydrogen-bond donors (Lipinski definition) is 0. The van der Waals surface area contributed by atoms with Gasteiger partial charge >= 0.3 is 5.97 Å². The molecule has 4 aliphatic rings.